The molecule has 32 heavy (non-hydrogen) atoms. The predicted molar refractivity (Wildman–Crippen MR) is 122 cm³/mol. The van der Waals surface area contributed by atoms with Crippen molar-refractivity contribution in [2.45, 2.75) is 24.7 Å². The third kappa shape index (κ3) is 3.71. The monoisotopic (exact) mass is 435 g/mol. The first-order valence-corrected chi connectivity index (χ1v) is 10.8. The summed E-state index contributed by atoms with van der Waals surface area (Å²) in [7, 11) is 1.63. The fourth-order valence-corrected chi connectivity index (χ4v) is 4.53. The van der Waals surface area contributed by atoms with Crippen LogP contribution in [0.2, 0.25) is 0 Å². The van der Waals surface area contributed by atoms with Crippen LogP contribution < -0.4 is 20.7 Å². The van der Waals surface area contributed by atoms with Gasteiger partial charge in [0.05, 0.1) is 12.8 Å². The summed E-state index contributed by atoms with van der Waals surface area (Å²) in [6.45, 7) is 1.71. The number of nitrogens with two attached hydrogens (primary N) is 1. The summed E-state index contributed by atoms with van der Waals surface area (Å²) in [5, 5.41) is 3.15. The SMILES string of the molecule is COCCOc1ccc(Nc2ncc(F)c(N3CC4(CCC4)c4ccc(N)cc43)n2)cc1. The Morgan fingerprint density at radius 1 is 1.16 bits per heavy atom. The molecule has 0 bridgehead atoms. The van der Waals surface area contributed by atoms with Crippen molar-refractivity contribution >= 4 is 28.8 Å². The molecule has 166 valence electrons. The smallest absolute Gasteiger partial charge is 0.229 e. The molecule has 2 aliphatic rings. The molecule has 0 radical (unpaired) electrons. The van der Waals surface area contributed by atoms with Gasteiger partial charge in [0.1, 0.15) is 12.4 Å². The Balaban J connectivity index is 1.39. The van der Waals surface area contributed by atoms with Gasteiger partial charge in [-0.2, -0.15) is 4.98 Å². The lowest BCUT2D eigenvalue weighted by atomic mass is 9.66. The molecule has 8 heteroatoms. The Hall–Kier alpha value is -3.39. The second kappa shape index (κ2) is 8.27. The molecule has 2 aromatic carbocycles. The van der Waals surface area contributed by atoms with Gasteiger partial charge in [-0.15, -0.1) is 0 Å². The van der Waals surface area contributed by atoms with E-state index >= 15 is 0 Å². The Morgan fingerprint density at radius 3 is 2.69 bits per heavy atom. The number of hydrogen-bond acceptors (Lipinski definition) is 7. The van der Waals surface area contributed by atoms with E-state index in [2.05, 4.69) is 21.4 Å². The average molecular weight is 436 g/mol. The maximum absolute atomic E-state index is 14.9. The van der Waals surface area contributed by atoms with Crippen molar-refractivity contribution in [2.24, 2.45) is 0 Å². The molecular weight excluding hydrogens is 409 g/mol. The summed E-state index contributed by atoms with van der Waals surface area (Å²) in [4.78, 5) is 10.6. The molecule has 1 aromatic heterocycles. The normalized spacial score (nSPS) is 16.0. The van der Waals surface area contributed by atoms with Crippen LogP contribution in [-0.4, -0.2) is 36.8 Å². The zero-order valence-electron chi connectivity index (χ0n) is 18.0. The van der Waals surface area contributed by atoms with E-state index in [-0.39, 0.29) is 11.2 Å². The van der Waals surface area contributed by atoms with E-state index < -0.39 is 5.82 Å². The molecule has 7 nitrogen and oxygen atoms in total. The third-order valence-corrected chi connectivity index (χ3v) is 6.30. The fraction of sp³-hybridized carbons (Fsp3) is 0.333. The number of nitrogens with one attached hydrogen (secondary N) is 1. The molecule has 1 fully saturated rings. The first kappa shape index (κ1) is 20.5. The molecule has 3 N–H and O–H groups in total. The van der Waals surface area contributed by atoms with Crippen molar-refractivity contribution in [3.05, 3.63) is 60.0 Å². The van der Waals surface area contributed by atoms with Crippen molar-refractivity contribution in [2.75, 3.05) is 42.8 Å². The highest BCUT2D eigenvalue weighted by atomic mass is 19.1. The van der Waals surface area contributed by atoms with E-state index in [9.17, 15) is 4.39 Å². The number of halogens is 1. The fourth-order valence-electron chi connectivity index (χ4n) is 4.53. The lowest BCUT2D eigenvalue weighted by Crippen LogP contribution is -2.38. The van der Waals surface area contributed by atoms with Crippen LogP contribution in [0.5, 0.6) is 5.75 Å². The summed E-state index contributed by atoms with van der Waals surface area (Å²) < 4.78 is 25.4. The number of rotatable bonds is 7. The molecule has 0 unspecified atom stereocenters. The van der Waals surface area contributed by atoms with Crippen molar-refractivity contribution < 1.29 is 13.9 Å². The van der Waals surface area contributed by atoms with Crippen LogP contribution in [-0.2, 0) is 10.2 Å². The summed E-state index contributed by atoms with van der Waals surface area (Å²) in [5.74, 6) is 0.875. The number of aromatic nitrogens is 2. The molecule has 0 amide bonds. The van der Waals surface area contributed by atoms with Crippen LogP contribution in [0.25, 0.3) is 0 Å². The van der Waals surface area contributed by atoms with Crippen molar-refractivity contribution in [3.8, 4) is 5.75 Å². The van der Waals surface area contributed by atoms with E-state index in [1.807, 2.05) is 41.3 Å². The third-order valence-electron chi connectivity index (χ3n) is 6.30. The summed E-state index contributed by atoms with van der Waals surface area (Å²) in [6, 6.07) is 13.4. The Morgan fingerprint density at radius 2 is 1.97 bits per heavy atom. The van der Waals surface area contributed by atoms with E-state index in [1.54, 1.807) is 7.11 Å². The van der Waals surface area contributed by atoms with E-state index in [4.69, 9.17) is 15.2 Å². The van der Waals surface area contributed by atoms with Crippen molar-refractivity contribution in [1.29, 1.82) is 0 Å². The van der Waals surface area contributed by atoms with Gasteiger partial charge < -0.3 is 25.4 Å². The number of benzene rings is 2. The second-order valence-corrected chi connectivity index (χ2v) is 8.35. The minimum absolute atomic E-state index is 0.0622. The standard InChI is InChI=1S/C24H26FN5O2/c1-31-11-12-32-18-6-4-17(5-7-18)28-23-27-14-20(25)22(29-23)30-15-24(9-2-10-24)19-8-3-16(26)13-21(19)30/h3-8,13-14H,2,9-12,15,26H2,1H3,(H,27,28,29). The second-order valence-electron chi connectivity index (χ2n) is 8.35. The highest BCUT2D eigenvalue weighted by Gasteiger charge is 2.48. The molecule has 1 spiro atoms. The van der Waals surface area contributed by atoms with Crippen LogP contribution in [0.1, 0.15) is 24.8 Å². The average Bonchev–Trinajstić information content (AvgIpc) is 3.11. The molecule has 1 saturated carbocycles. The molecular formula is C24H26FN5O2. The number of anilines is 5. The Labute approximate surface area is 186 Å². The molecule has 1 aliphatic heterocycles. The van der Waals surface area contributed by atoms with Gasteiger partial charge in [-0.05, 0) is 54.8 Å². The van der Waals surface area contributed by atoms with Crippen LogP contribution >= 0.6 is 0 Å². The van der Waals surface area contributed by atoms with E-state index in [0.29, 0.717) is 31.4 Å². The lowest BCUT2D eigenvalue weighted by molar-refractivity contribution is 0.146. The topological polar surface area (TPSA) is 85.5 Å². The van der Waals surface area contributed by atoms with E-state index in [0.717, 1.165) is 30.0 Å². The summed E-state index contributed by atoms with van der Waals surface area (Å²) in [6.07, 6.45) is 4.58. The number of hydrogen-bond donors (Lipinski definition) is 2. The van der Waals surface area contributed by atoms with Gasteiger partial charge in [0, 0.05) is 36.1 Å². The van der Waals surface area contributed by atoms with Gasteiger partial charge >= 0.3 is 0 Å². The predicted octanol–water partition coefficient (Wildman–Crippen LogP) is 4.54. The van der Waals surface area contributed by atoms with Gasteiger partial charge in [-0.3, -0.25) is 0 Å². The number of nitrogen functional groups attached to an aromatic ring is 1. The summed E-state index contributed by atoms with van der Waals surface area (Å²) in [5.41, 5.74) is 9.73. The molecule has 3 aromatic rings. The van der Waals surface area contributed by atoms with Gasteiger partial charge in [0.2, 0.25) is 5.95 Å². The Kier molecular flexibility index (Phi) is 5.30. The van der Waals surface area contributed by atoms with E-state index in [1.165, 1.54) is 18.2 Å². The number of ether oxygens (including phenoxy) is 2. The quantitative estimate of drug-likeness (QED) is 0.416. The zero-order chi connectivity index (χ0) is 22.1. The van der Waals surface area contributed by atoms with Crippen LogP contribution in [0.15, 0.2) is 48.7 Å². The van der Waals surface area contributed by atoms with Gasteiger partial charge in [0.25, 0.3) is 0 Å². The maximum Gasteiger partial charge on any atom is 0.229 e. The van der Waals surface area contributed by atoms with Crippen LogP contribution in [0.4, 0.5) is 33.2 Å². The van der Waals surface area contributed by atoms with Gasteiger partial charge in [-0.25, -0.2) is 9.37 Å². The number of fused-ring (bicyclic) bond motifs is 2. The molecule has 2 heterocycles. The van der Waals surface area contributed by atoms with Gasteiger partial charge in [-0.1, -0.05) is 12.5 Å². The highest BCUT2D eigenvalue weighted by molar-refractivity contribution is 5.75. The number of nitrogens with zero attached hydrogens (tertiary/aromatic N) is 3. The maximum atomic E-state index is 14.9. The summed E-state index contributed by atoms with van der Waals surface area (Å²) >= 11 is 0. The Bertz CT molecular complexity index is 1120. The first-order valence-electron chi connectivity index (χ1n) is 10.8. The van der Waals surface area contributed by atoms with Crippen molar-refractivity contribution in [1.82, 2.24) is 9.97 Å². The largest absolute Gasteiger partial charge is 0.491 e. The highest BCUT2D eigenvalue weighted by Crippen LogP contribution is 2.54. The van der Waals surface area contributed by atoms with Crippen LogP contribution in [0, 0.1) is 5.82 Å². The number of methoxy groups -OCH3 is 1. The molecule has 1 aliphatic carbocycles. The minimum atomic E-state index is -0.456. The molecule has 0 saturated heterocycles. The minimum Gasteiger partial charge on any atom is -0.491 e. The van der Waals surface area contributed by atoms with Crippen molar-refractivity contribution in [3.63, 3.8) is 0 Å². The van der Waals surface area contributed by atoms with Gasteiger partial charge in [0.15, 0.2) is 11.6 Å². The lowest BCUT2D eigenvalue weighted by Gasteiger charge is -2.39. The molecule has 5 rings (SSSR count). The zero-order valence-corrected chi connectivity index (χ0v) is 18.0. The molecule has 0 atom stereocenters. The van der Waals surface area contributed by atoms with Crippen LogP contribution in [0.3, 0.4) is 0 Å². The first-order chi connectivity index (χ1) is 15.6.